The lowest BCUT2D eigenvalue weighted by Crippen LogP contribution is -2.47. The molecule has 0 saturated carbocycles. The average Bonchev–Trinajstić information content (AvgIpc) is 2.99. The number of benzene rings is 1. The lowest BCUT2D eigenvalue weighted by atomic mass is 10.0. The number of carbonyl (C=O) groups excluding carboxylic acids is 1. The smallest absolute Gasteiger partial charge is 0.374 e. The normalized spacial score (nSPS) is 18.2. The minimum absolute atomic E-state index is 0.0783. The van der Waals surface area contributed by atoms with Crippen LogP contribution in [0, 0.1) is 6.92 Å². The summed E-state index contributed by atoms with van der Waals surface area (Å²) in [5.41, 5.74) is 0.705. The number of halogens is 3. The zero-order chi connectivity index (χ0) is 18.7. The Morgan fingerprint density at radius 1 is 1.35 bits per heavy atom. The highest BCUT2D eigenvalue weighted by Crippen LogP contribution is 2.30. The van der Waals surface area contributed by atoms with Crippen molar-refractivity contribution >= 4 is 5.91 Å². The van der Waals surface area contributed by atoms with Gasteiger partial charge in [0.05, 0.1) is 24.0 Å². The third-order valence-corrected chi connectivity index (χ3v) is 4.28. The molecule has 8 heteroatoms. The Hall–Kier alpha value is -2.35. The summed E-state index contributed by atoms with van der Waals surface area (Å²) in [5, 5.41) is 4.20. The molecule has 2 aromatic rings. The van der Waals surface area contributed by atoms with Crippen LogP contribution >= 0.6 is 0 Å². The summed E-state index contributed by atoms with van der Waals surface area (Å²) in [5.74, 6) is -0.0783. The molecule has 1 aliphatic heterocycles. The summed E-state index contributed by atoms with van der Waals surface area (Å²) in [4.78, 5) is 14.1. The number of amides is 1. The molecule has 1 aliphatic rings. The van der Waals surface area contributed by atoms with Gasteiger partial charge in [0.2, 0.25) is 5.91 Å². The number of nitrogens with zero attached hydrogens (tertiary/aromatic N) is 3. The molecular weight excluding hydrogens is 347 g/mol. The van der Waals surface area contributed by atoms with Crippen LogP contribution in [-0.4, -0.2) is 46.4 Å². The van der Waals surface area contributed by atoms with E-state index < -0.39 is 11.7 Å². The summed E-state index contributed by atoms with van der Waals surface area (Å²) in [6.07, 6.45) is -2.62. The standard InChI is InChI=1S/C18H20F3N3O2/c1-13-5-6-24(22-13)12-17(25)23-7-8-26-16(11-23)10-14-3-2-4-15(9-14)18(19,20)21/h2-6,9,16H,7-8,10-12H2,1H3. The highest BCUT2D eigenvalue weighted by molar-refractivity contribution is 5.76. The number of carbonyl (C=O) groups is 1. The van der Waals surface area contributed by atoms with Gasteiger partial charge in [0.1, 0.15) is 6.54 Å². The van der Waals surface area contributed by atoms with Crippen molar-refractivity contribution in [2.24, 2.45) is 0 Å². The number of alkyl halides is 3. The van der Waals surface area contributed by atoms with Gasteiger partial charge >= 0.3 is 6.18 Å². The van der Waals surface area contributed by atoms with Crippen molar-refractivity contribution < 1.29 is 22.7 Å². The van der Waals surface area contributed by atoms with Crippen molar-refractivity contribution in [1.29, 1.82) is 0 Å². The molecule has 26 heavy (non-hydrogen) atoms. The molecule has 140 valence electrons. The zero-order valence-electron chi connectivity index (χ0n) is 14.4. The highest BCUT2D eigenvalue weighted by Gasteiger charge is 2.31. The molecule has 5 nitrogen and oxygen atoms in total. The van der Waals surface area contributed by atoms with Crippen molar-refractivity contribution in [3.8, 4) is 0 Å². The van der Waals surface area contributed by atoms with Crippen LogP contribution in [0.1, 0.15) is 16.8 Å². The number of hydrogen-bond acceptors (Lipinski definition) is 3. The monoisotopic (exact) mass is 367 g/mol. The highest BCUT2D eigenvalue weighted by atomic mass is 19.4. The summed E-state index contributed by atoms with van der Waals surface area (Å²) in [6.45, 7) is 3.19. The molecule has 1 aromatic carbocycles. The van der Waals surface area contributed by atoms with Crippen molar-refractivity contribution in [1.82, 2.24) is 14.7 Å². The Bertz CT molecular complexity index is 773. The molecule has 1 amide bonds. The van der Waals surface area contributed by atoms with Gasteiger partial charge in [0, 0.05) is 25.7 Å². The van der Waals surface area contributed by atoms with Crippen LogP contribution in [0.15, 0.2) is 36.5 Å². The van der Waals surface area contributed by atoms with E-state index in [2.05, 4.69) is 5.10 Å². The molecule has 1 saturated heterocycles. The minimum Gasteiger partial charge on any atom is -0.374 e. The van der Waals surface area contributed by atoms with E-state index in [9.17, 15) is 18.0 Å². The molecule has 1 unspecified atom stereocenters. The quantitative estimate of drug-likeness (QED) is 0.835. The molecule has 3 rings (SSSR count). The van der Waals surface area contributed by atoms with Gasteiger partial charge in [0.15, 0.2) is 0 Å². The number of hydrogen-bond donors (Lipinski definition) is 0. The van der Waals surface area contributed by atoms with Crippen molar-refractivity contribution in [3.05, 3.63) is 53.3 Å². The van der Waals surface area contributed by atoms with Crippen LogP contribution in [-0.2, 0) is 28.7 Å². The second-order valence-electron chi connectivity index (χ2n) is 6.39. The van der Waals surface area contributed by atoms with Crippen molar-refractivity contribution in [2.75, 3.05) is 19.7 Å². The van der Waals surface area contributed by atoms with E-state index in [1.807, 2.05) is 13.0 Å². The van der Waals surface area contributed by atoms with Crippen LogP contribution in [0.2, 0.25) is 0 Å². The Labute approximate surface area is 149 Å². The molecule has 2 heterocycles. The second-order valence-corrected chi connectivity index (χ2v) is 6.39. The fourth-order valence-electron chi connectivity index (χ4n) is 3.00. The van der Waals surface area contributed by atoms with Crippen LogP contribution in [0.3, 0.4) is 0 Å². The fraction of sp³-hybridized carbons (Fsp3) is 0.444. The van der Waals surface area contributed by atoms with E-state index in [1.165, 1.54) is 6.07 Å². The topological polar surface area (TPSA) is 47.4 Å². The Morgan fingerprint density at radius 3 is 2.85 bits per heavy atom. The maximum Gasteiger partial charge on any atom is 0.416 e. The number of morpholine rings is 1. The van der Waals surface area contributed by atoms with E-state index in [4.69, 9.17) is 4.74 Å². The van der Waals surface area contributed by atoms with E-state index in [0.29, 0.717) is 31.7 Å². The molecule has 0 bridgehead atoms. The molecule has 0 radical (unpaired) electrons. The third kappa shape index (κ3) is 4.63. The van der Waals surface area contributed by atoms with Gasteiger partial charge in [-0.25, -0.2) is 0 Å². The summed E-state index contributed by atoms with van der Waals surface area (Å²) < 4.78 is 45.7. The molecule has 1 fully saturated rings. The van der Waals surface area contributed by atoms with Gasteiger partial charge in [-0.05, 0) is 24.6 Å². The maximum atomic E-state index is 12.8. The van der Waals surface area contributed by atoms with Gasteiger partial charge in [-0.15, -0.1) is 0 Å². The Balaban J connectivity index is 1.61. The van der Waals surface area contributed by atoms with Gasteiger partial charge in [0.25, 0.3) is 0 Å². The van der Waals surface area contributed by atoms with E-state index in [1.54, 1.807) is 21.8 Å². The first-order chi connectivity index (χ1) is 12.3. The minimum atomic E-state index is -4.37. The van der Waals surface area contributed by atoms with Crippen molar-refractivity contribution in [2.45, 2.75) is 32.2 Å². The van der Waals surface area contributed by atoms with E-state index >= 15 is 0 Å². The van der Waals surface area contributed by atoms with Crippen LogP contribution in [0.4, 0.5) is 13.2 Å². The third-order valence-electron chi connectivity index (χ3n) is 4.28. The molecular formula is C18H20F3N3O2. The van der Waals surface area contributed by atoms with Gasteiger partial charge in [-0.1, -0.05) is 18.2 Å². The molecule has 0 aliphatic carbocycles. The number of ether oxygens (including phenoxy) is 1. The van der Waals surface area contributed by atoms with E-state index in [-0.39, 0.29) is 18.6 Å². The summed E-state index contributed by atoms with van der Waals surface area (Å²) in [7, 11) is 0. The van der Waals surface area contributed by atoms with Gasteiger partial charge in [-0.3, -0.25) is 9.48 Å². The first kappa shape index (κ1) is 18.4. The van der Waals surface area contributed by atoms with Crippen LogP contribution in [0.5, 0.6) is 0 Å². The number of aromatic nitrogens is 2. The number of rotatable bonds is 4. The second kappa shape index (κ2) is 7.49. The van der Waals surface area contributed by atoms with Crippen LogP contribution < -0.4 is 0 Å². The van der Waals surface area contributed by atoms with Gasteiger partial charge in [-0.2, -0.15) is 18.3 Å². The maximum absolute atomic E-state index is 12.8. The SMILES string of the molecule is Cc1ccn(CC(=O)N2CCOC(Cc3cccc(C(F)(F)F)c3)C2)n1. The fourth-order valence-corrected chi connectivity index (χ4v) is 3.00. The van der Waals surface area contributed by atoms with Crippen LogP contribution in [0.25, 0.3) is 0 Å². The zero-order valence-corrected chi connectivity index (χ0v) is 14.4. The largest absolute Gasteiger partial charge is 0.416 e. The summed E-state index contributed by atoms with van der Waals surface area (Å²) >= 11 is 0. The number of aryl methyl sites for hydroxylation is 1. The molecule has 0 spiro atoms. The average molecular weight is 367 g/mol. The first-order valence-electron chi connectivity index (χ1n) is 8.37. The van der Waals surface area contributed by atoms with Crippen molar-refractivity contribution in [3.63, 3.8) is 0 Å². The molecule has 1 aromatic heterocycles. The summed E-state index contributed by atoms with van der Waals surface area (Å²) in [6, 6.07) is 7.04. The lowest BCUT2D eigenvalue weighted by Gasteiger charge is -2.33. The predicted octanol–water partition coefficient (Wildman–Crippen LogP) is 2.68. The predicted molar refractivity (Wildman–Crippen MR) is 88.4 cm³/mol. The molecule has 0 N–H and O–H groups in total. The van der Waals surface area contributed by atoms with Gasteiger partial charge < -0.3 is 9.64 Å². The molecule has 1 atom stereocenters. The first-order valence-corrected chi connectivity index (χ1v) is 8.37. The van der Waals surface area contributed by atoms with E-state index in [0.717, 1.165) is 17.8 Å². The Morgan fingerprint density at radius 2 is 2.15 bits per heavy atom. The lowest BCUT2D eigenvalue weighted by molar-refractivity contribution is -0.139. The Kier molecular flexibility index (Phi) is 5.31.